The summed E-state index contributed by atoms with van der Waals surface area (Å²) in [6.45, 7) is 0. The van der Waals surface area contributed by atoms with E-state index in [1.54, 1.807) is 11.8 Å². The first-order valence-corrected chi connectivity index (χ1v) is 4.29. The Morgan fingerprint density at radius 1 is 1.75 bits per heavy atom. The van der Waals surface area contributed by atoms with Crippen LogP contribution >= 0.6 is 11.8 Å². The van der Waals surface area contributed by atoms with Crippen molar-refractivity contribution >= 4 is 23.2 Å². The highest BCUT2D eigenvalue weighted by atomic mass is 32.2. The van der Waals surface area contributed by atoms with Crippen LogP contribution in [-0.4, -0.2) is 15.3 Å². The van der Waals surface area contributed by atoms with Crippen LogP contribution in [0.25, 0.3) is 0 Å². The first kappa shape index (κ1) is 6.29. The van der Waals surface area contributed by atoms with Crippen molar-refractivity contribution in [1.29, 1.82) is 0 Å². The molecule has 1 aliphatic heterocycles. The van der Waals surface area contributed by atoms with Crippen LogP contribution in [0, 0.1) is 0 Å². The Bertz CT molecular complexity index is 115. The predicted molar refractivity (Wildman–Crippen MR) is 36.1 cm³/mol. The van der Waals surface area contributed by atoms with Crippen molar-refractivity contribution in [2.75, 3.05) is 5.75 Å². The lowest BCUT2D eigenvalue weighted by Crippen LogP contribution is -1.86. The third-order valence-electron chi connectivity index (χ3n) is 1.07. The van der Waals surface area contributed by atoms with Crippen LogP contribution in [0.3, 0.4) is 0 Å². The fourth-order valence-corrected chi connectivity index (χ4v) is 2.18. The second-order valence-electron chi connectivity index (χ2n) is 1.65. The summed E-state index contributed by atoms with van der Waals surface area (Å²) in [5, 5.41) is 0.303. The molecule has 0 radical (unpaired) electrons. The zero-order chi connectivity index (χ0) is 5.82. The average molecular weight is 149 g/mol. The van der Waals surface area contributed by atoms with Gasteiger partial charge in [0.15, 0.2) is 0 Å². The van der Waals surface area contributed by atoms with Gasteiger partial charge in [0, 0.05) is 0 Å². The first-order chi connectivity index (χ1) is 3.93. The van der Waals surface area contributed by atoms with E-state index in [0.717, 1.165) is 6.42 Å². The molecule has 0 aromatic carbocycles. The number of nitrogens with zero attached hydrogens (tertiary/aromatic N) is 1. The van der Waals surface area contributed by atoms with Gasteiger partial charge in [-0.2, -0.15) is 8.57 Å². The van der Waals surface area contributed by atoms with Gasteiger partial charge in [-0.05, 0) is 18.6 Å². The molecule has 1 saturated heterocycles. The molecule has 0 aromatic heterocycles. The van der Waals surface area contributed by atoms with Crippen molar-refractivity contribution in [1.82, 2.24) is 0 Å². The summed E-state index contributed by atoms with van der Waals surface area (Å²) in [4.78, 5) is 0. The molecule has 1 unspecified atom stereocenters. The quantitative estimate of drug-likeness (QED) is 0.561. The smallest absolute Gasteiger partial charge is 0.191 e. The summed E-state index contributed by atoms with van der Waals surface area (Å²) in [7, 11) is 0. The lowest BCUT2D eigenvalue weighted by molar-refractivity contribution is 0.694. The summed E-state index contributed by atoms with van der Waals surface area (Å²) >= 11 is 2.13. The van der Waals surface area contributed by atoms with E-state index in [1.165, 1.54) is 12.2 Å². The van der Waals surface area contributed by atoms with Crippen LogP contribution < -0.4 is 0 Å². The number of rotatable bonds is 1. The molecule has 0 N–H and O–H groups in total. The third-order valence-corrected chi connectivity index (χ3v) is 2.79. The van der Waals surface area contributed by atoms with Gasteiger partial charge < -0.3 is 0 Å². The Balaban J connectivity index is 2.35. The zero-order valence-corrected chi connectivity index (χ0v) is 6.00. The molecule has 1 rings (SSSR count). The maximum absolute atomic E-state index is 9.82. The van der Waals surface area contributed by atoms with E-state index in [1.807, 2.05) is 0 Å². The molecule has 0 spiro atoms. The van der Waals surface area contributed by atoms with E-state index in [9.17, 15) is 4.21 Å². The maximum atomic E-state index is 9.82. The molecule has 1 aliphatic rings. The number of hydrogen-bond acceptors (Lipinski definition) is 3. The normalized spacial score (nSPS) is 27.8. The molecule has 0 bridgehead atoms. The molecule has 0 amide bonds. The van der Waals surface area contributed by atoms with Crippen molar-refractivity contribution in [3.8, 4) is 0 Å². The number of hydrogen-bond donors (Lipinski definition) is 0. The average Bonchev–Trinajstić information content (AvgIpc) is 2.19. The molecule has 0 aliphatic carbocycles. The Labute approximate surface area is 56.3 Å². The maximum Gasteiger partial charge on any atom is 0.200 e. The molecule has 1 atom stereocenters. The molecule has 0 aromatic rings. The topological polar surface area (TPSA) is 29.4 Å². The monoisotopic (exact) mass is 149 g/mol. The highest BCUT2D eigenvalue weighted by Crippen LogP contribution is 2.26. The molecule has 1 fully saturated rings. The summed E-state index contributed by atoms with van der Waals surface area (Å²) in [6, 6.07) is 0. The molecule has 2 nitrogen and oxygen atoms in total. The molecular weight excluding hydrogens is 142 g/mol. The minimum atomic E-state index is 0.303. The van der Waals surface area contributed by atoms with Crippen LogP contribution in [0.1, 0.15) is 12.8 Å². The largest absolute Gasteiger partial charge is 0.200 e. The Morgan fingerprint density at radius 3 is 3.12 bits per heavy atom. The van der Waals surface area contributed by atoms with Gasteiger partial charge in [0.05, 0.1) is 0 Å². The highest BCUT2D eigenvalue weighted by molar-refractivity contribution is 8.00. The molecule has 4 heteroatoms. The van der Waals surface area contributed by atoms with Gasteiger partial charge >= 0.3 is 0 Å². The standard InChI is InChI=1S/C4H7NOS2/c6-8-5-4-2-1-3-7-4/h4H,1-3H2. The molecule has 46 valence electrons. The highest BCUT2D eigenvalue weighted by Gasteiger charge is 2.12. The minimum absolute atomic E-state index is 0.303. The van der Waals surface area contributed by atoms with E-state index in [2.05, 4.69) is 4.36 Å². The lowest BCUT2D eigenvalue weighted by atomic mass is 10.3. The van der Waals surface area contributed by atoms with Gasteiger partial charge in [0.1, 0.15) is 5.37 Å². The van der Waals surface area contributed by atoms with E-state index < -0.39 is 0 Å². The summed E-state index contributed by atoms with van der Waals surface area (Å²) < 4.78 is 13.6. The van der Waals surface area contributed by atoms with Crippen molar-refractivity contribution in [2.24, 2.45) is 4.36 Å². The lowest BCUT2D eigenvalue weighted by Gasteiger charge is -1.91. The van der Waals surface area contributed by atoms with Crippen molar-refractivity contribution < 1.29 is 4.21 Å². The summed E-state index contributed by atoms with van der Waals surface area (Å²) in [5.41, 5.74) is 0. The van der Waals surface area contributed by atoms with E-state index in [4.69, 9.17) is 0 Å². The molecular formula is C4H7NOS2. The van der Waals surface area contributed by atoms with Gasteiger partial charge in [-0.3, -0.25) is 0 Å². The van der Waals surface area contributed by atoms with E-state index in [-0.39, 0.29) is 0 Å². The van der Waals surface area contributed by atoms with E-state index in [0.29, 0.717) is 16.8 Å². The fraction of sp³-hybridized carbons (Fsp3) is 1.00. The fourth-order valence-electron chi connectivity index (χ4n) is 0.692. The third kappa shape index (κ3) is 1.59. The SMILES string of the molecule is O=S=NC1CCCS1. The second kappa shape index (κ2) is 3.25. The van der Waals surface area contributed by atoms with Gasteiger partial charge in [-0.25, -0.2) is 0 Å². The Hall–Kier alpha value is 0.170. The van der Waals surface area contributed by atoms with Crippen molar-refractivity contribution in [3.05, 3.63) is 0 Å². The van der Waals surface area contributed by atoms with Crippen LogP contribution in [0.4, 0.5) is 0 Å². The van der Waals surface area contributed by atoms with Gasteiger partial charge in [0.2, 0.25) is 11.5 Å². The van der Waals surface area contributed by atoms with Gasteiger partial charge in [-0.15, -0.1) is 11.8 Å². The van der Waals surface area contributed by atoms with Crippen LogP contribution in [0.5, 0.6) is 0 Å². The predicted octanol–water partition coefficient (Wildman–Crippen LogP) is 1.24. The van der Waals surface area contributed by atoms with Gasteiger partial charge in [0.25, 0.3) is 0 Å². The van der Waals surface area contributed by atoms with Crippen molar-refractivity contribution in [3.63, 3.8) is 0 Å². The molecule has 0 saturated carbocycles. The Kier molecular flexibility index (Phi) is 2.55. The summed E-state index contributed by atoms with van der Waals surface area (Å²) in [5.74, 6) is 1.18. The molecule has 8 heavy (non-hydrogen) atoms. The molecule has 1 heterocycles. The van der Waals surface area contributed by atoms with Gasteiger partial charge in [-0.1, -0.05) is 0 Å². The van der Waals surface area contributed by atoms with Crippen LogP contribution in [-0.2, 0) is 11.5 Å². The Morgan fingerprint density at radius 2 is 2.62 bits per heavy atom. The zero-order valence-electron chi connectivity index (χ0n) is 4.37. The minimum Gasteiger partial charge on any atom is -0.191 e. The van der Waals surface area contributed by atoms with Crippen LogP contribution in [0.2, 0.25) is 0 Å². The van der Waals surface area contributed by atoms with E-state index >= 15 is 0 Å². The second-order valence-corrected chi connectivity index (χ2v) is 3.29. The summed E-state index contributed by atoms with van der Waals surface area (Å²) in [6.07, 6.45) is 2.32. The number of thioether (sulfide) groups is 1. The van der Waals surface area contributed by atoms with Crippen molar-refractivity contribution in [2.45, 2.75) is 18.2 Å². The van der Waals surface area contributed by atoms with Crippen LogP contribution in [0.15, 0.2) is 4.36 Å². The first-order valence-electron chi connectivity index (χ1n) is 2.54.